The van der Waals surface area contributed by atoms with Crippen LogP contribution in [-0.4, -0.2) is 14.2 Å². The van der Waals surface area contributed by atoms with Crippen molar-refractivity contribution >= 4 is 21.4 Å². The summed E-state index contributed by atoms with van der Waals surface area (Å²) < 4.78 is 26.4. The quantitative estimate of drug-likeness (QED) is 0.815. The van der Waals surface area contributed by atoms with Gasteiger partial charge in [0.05, 0.1) is 11.4 Å². The van der Waals surface area contributed by atoms with Crippen LogP contribution >= 0.6 is 0 Å². The standard InChI is InChI=1S/C12H20N2O2S/c1-9-7-10(13)5-6-11(9)14-17(15,16)8-12(2,3)4/h5-7,14H,8,13H2,1-4H3. The van der Waals surface area contributed by atoms with Crippen LogP contribution in [0.5, 0.6) is 0 Å². The molecule has 96 valence electrons. The zero-order chi connectivity index (χ0) is 13.3. The average molecular weight is 256 g/mol. The molecule has 3 N–H and O–H groups in total. The van der Waals surface area contributed by atoms with E-state index in [0.29, 0.717) is 11.4 Å². The predicted octanol–water partition coefficient (Wildman–Crippen LogP) is 2.37. The largest absolute Gasteiger partial charge is 0.399 e. The minimum absolute atomic E-state index is 0.0871. The van der Waals surface area contributed by atoms with Gasteiger partial charge in [0.25, 0.3) is 0 Å². The SMILES string of the molecule is Cc1cc(N)ccc1NS(=O)(=O)CC(C)(C)C. The highest BCUT2D eigenvalue weighted by Crippen LogP contribution is 2.22. The van der Waals surface area contributed by atoms with Crippen LogP contribution in [0.25, 0.3) is 0 Å². The summed E-state index contributed by atoms with van der Waals surface area (Å²) in [5.74, 6) is 0.0871. The smallest absolute Gasteiger partial charge is 0.233 e. The summed E-state index contributed by atoms with van der Waals surface area (Å²) in [5.41, 5.74) is 7.38. The van der Waals surface area contributed by atoms with Crippen molar-refractivity contribution in [2.75, 3.05) is 16.2 Å². The van der Waals surface area contributed by atoms with Crippen molar-refractivity contribution in [2.45, 2.75) is 27.7 Å². The van der Waals surface area contributed by atoms with Crippen molar-refractivity contribution in [1.82, 2.24) is 0 Å². The zero-order valence-corrected chi connectivity index (χ0v) is 11.6. The van der Waals surface area contributed by atoms with Crippen LogP contribution in [0.4, 0.5) is 11.4 Å². The molecule has 4 nitrogen and oxygen atoms in total. The first-order chi connectivity index (χ1) is 7.59. The predicted molar refractivity (Wildman–Crippen MR) is 72.5 cm³/mol. The van der Waals surface area contributed by atoms with Gasteiger partial charge in [-0.2, -0.15) is 0 Å². The van der Waals surface area contributed by atoms with Gasteiger partial charge in [-0.15, -0.1) is 0 Å². The fraction of sp³-hybridized carbons (Fsp3) is 0.500. The lowest BCUT2D eigenvalue weighted by Gasteiger charge is -2.19. The molecule has 17 heavy (non-hydrogen) atoms. The molecule has 5 heteroatoms. The third-order valence-electron chi connectivity index (χ3n) is 2.14. The van der Waals surface area contributed by atoms with Crippen LogP contribution in [0.1, 0.15) is 26.3 Å². The van der Waals surface area contributed by atoms with Crippen LogP contribution in [0.3, 0.4) is 0 Å². The van der Waals surface area contributed by atoms with Gasteiger partial charge in [0.2, 0.25) is 10.0 Å². The van der Waals surface area contributed by atoms with Crippen molar-refractivity contribution < 1.29 is 8.42 Å². The Bertz CT molecular complexity index is 502. The number of nitrogen functional groups attached to an aromatic ring is 1. The Morgan fingerprint density at radius 2 is 1.88 bits per heavy atom. The minimum atomic E-state index is -3.32. The Balaban J connectivity index is 2.91. The molecule has 1 aromatic carbocycles. The van der Waals surface area contributed by atoms with E-state index < -0.39 is 10.0 Å². The van der Waals surface area contributed by atoms with Gasteiger partial charge >= 0.3 is 0 Å². The van der Waals surface area contributed by atoms with Crippen molar-refractivity contribution in [3.63, 3.8) is 0 Å². The lowest BCUT2D eigenvalue weighted by Crippen LogP contribution is -2.26. The van der Waals surface area contributed by atoms with Crippen LogP contribution in [0, 0.1) is 12.3 Å². The van der Waals surface area contributed by atoms with Crippen molar-refractivity contribution in [2.24, 2.45) is 5.41 Å². The van der Waals surface area contributed by atoms with E-state index in [2.05, 4.69) is 4.72 Å². The van der Waals surface area contributed by atoms with Gasteiger partial charge < -0.3 is 5.73 Å². The first-order valence-electron chi connectivity index (χ1n) is 5.46. The molecule has 1 aromatic rings. The van der Waals surface area contributed by atoms with Crippen LogP contribution in [-0.2, 0) is 10.0 Å². The molecule has 0 aliphatic carbocycles. The number of hydrogen-bond acceptors (Lipinski definition) is 3. The molecular formula is C12H20N2O2S. The summed E-state index contributed by atoms with van der Waals surface area (Å²) >= 11 is 0. The molecule has 0 fully saturated rings. The second kappa shape index (κ2) is 4.56. The van der Waals surface area contributed by atoms with E-state index in [4.69, 9.17) is 5.73 Å². The lowest BCUT2D eigenvalue weighted by molar-refractivity contribution is 0.463. The number of nitrogens with one attached hydrogen (secondary N) is 1. The Morgan fingerprint density at radius 1 is 1.29 bits per heavy atom. The van der Waals surface area contributed by atoms with Crippen LogP contribution in [0.15, 0.2) is 18.2 Å². The number of aryl methyl sites for hydroxylation is 1. The summed E-state index contributed by atoms with van der Waals surface area (Å²) in [6, 6.07) is 5.11. The first-order valence-corrected chi connectivity index (χ1v) is 7.11. The average Bonchev–Trinajstić information content (AvgIpc) is 2.05. The van der Waals surface area contributed by atoms with Crippen LogP contribution in [0.2, 0.25) is 0 Å². The van der Waals surface area contributed by atoms with Gasteiger partial charge in [0, 0.05) is 5.69 Å². The van der Waals surface area contributed by atoms with Crippen molar-refractivity contribution in [3.8, 4) is 0 Å². The highest BCUT2D eigenvalue weighted by molar-refractivity contribution is 7.92. The number of hydrogen-bond donors (Lipinski definition) is 2. The summed E-state index contributed by atoms with van der Waals surface area (Å²) in [4.78, 5) is 0. The Labute approximate surface area is 103 Å². The molecule has 0 saturated heterocycles. The van der Waals surface area contributed by atoms with Crippen molar-refractivity contribution in [1.29, 1.82) is 0 Å². The monoisotopic (exact) mass is 256 g/mol. The van der Waals surface area contributed by atoms with E-state index in [0.717, 1.165) is 5.56 Å². The molecule has 1 rings (SSSR count). The Kier molecular flexibility index (Phi) is 3.71. The highest BCUT2D eigenvalue weighted by Gasteiger charge is 2.21. The number of nitrogens with two attached hydrogens (primary N) is 1. The molecular weight excluding hydrogens is 236 g/mol. The van der Waals surface area contributed by atoms with E-state index in [1.807, 2.05) is 27.7 Å². The van der Waals surface area contributed by atoms with Gasteiger partial charge in [0.15, 0.2) is 0 Å². The molecule has 0 heterocycles. The van der Waals surface area contributed by atoms with E-state index in [9.17, 15) is 8.42 Å². The van der Waals surface area contributed by atoms with E-state index in [-0.39, 0.29) is 11.2 Å². The number of sulfonamides is 1. The summed E-state index contributed by atoms with van der Waals surface area (Å²) in [6.07, 6.45) is 0. The van der Waals surface area contributed by atoms with Crippen LogP contribution < -0.4 is 10.5 Å². The van der Waals surface area contributed by atoms with Gasteiger partial charge in [-0.3, -0.25) is 4.72 Å². The second-order valence-corrected chi connectivity index (χ2v) is 7.22. The third kappa shape index (κ3) is 4.65. The van der Waals surface area contributed by atoms with E-state index in [1.54, 1.807) is 18.2 Å². The lowest BCUT2D eigenvalue weighted by atomic mass is 10.0. The van der Waals surface area contributed by atoms with Crippen molar-refractivity contribution in [3.05, 3.63) is 23.8 Å². The molecule has 0 aliphatic rings. The molecule has 0 radical (unpaired) electrons. The third-order valence-corrected chi connectivity index (χ3v) is 3.92. The van der Waals surface area contributed by atoms with Gasteiger partial charge in [-0.1, -0.05) is 20.8 Å². The van der Waals surface area contributed by atoms with Gasteiger partial charge in [-0.25, -0.2) is 8.42 Å². The Morgan fingerprint density at radius 3 is 2.35 bits per heavy atom. The van der Waals surface area contributed by atoms with Gasteiger partial charge in [0.1, 0.15) is 0 Å². The molecule has 0 bridgehead atoms. The maximum Gasteiger partial charge on any atom is 0.233 e. The number of anilines is 2. The molecule has 0 spiro atoms. The first kappa shape index (κ1) is 13.8. The van der Waals surface area contributed by atoms with Gasteiger partial charge in [-0.05, 0) is 36.1 Å². The van der Waals surface area contributed by atoms with E-state index >= 15 is 0 Å². The maximum absolute atomic E-state index is 11.9. The second-order valence-electron chi connectivity index (χ2n) is 5.50. The summed E-state index contributed by atoms with van der Waals surface area (Å²) in [5, 5.41) is 0. The summed E-state index contributed by atoms with van der Waals surface area (Å²) in [6.45, 7) is 7.50. The topological polar surface area (TPSA) is 72.2 Å². The highest BCUT2D eigenvalue weighted by atomic mass is 32.2. The summed E-state index contributed by atoms with van der Waals surface area (Å²) in [7, 11) is -3.32. The fourth-order valence-electron chi connectivity index (χ4n) is 1.58. The number of rotatable bonds is 3. The maximum atomic E-state index is 11.9. The molecule has 0 amide bonds. The Hall–Kier alpha value is -1.23. The molecule has 0 atom stereocenters. The molecule has 0 unspecified atom stereocenters. The normalized spacial score (nSPS) is 12.5. The molecule has 0 aliphatic heterocycles. The minimum Gasteiger partial charge on any atom is -0.399 e. The fourth-order valence-corrected chi connectivity index (χ4v) is 3.35. The number of benzene rings is 1. The zero-order valence-electron chi connectivity index (χ0n) is 10.7. The van der Waals surface area contributed by atoms with E-state index in [1.165, 1.54) is 0 Å². The molecule has 0 saturated carbocycles. The molecule has 0 aromatic heterocycles.